The Morgan fingerprint density at radius 3 is 2.32 bits per heavy atom. The molecule has 22 heavy (non-hydrogen) atoms. The number of aliphatic imine (C=N–C) groups is 1. The maximum absolute atomic E-state index is 11.6. The third-order valence-corrected chi connectivity index (χ3v) is 3.75. The van der Waals surface area contributed by atoms with Crippen LogP contribution < -0.4 is 11.2 Å². The molecule has 0 bridgehead atoms. The van der Waals surface area contributed by atoms with Crippen molar-refractivity contribution >= 4 is 5.71 Å². The molecule has 0 fully saturated rings. The fraction of sp³-hybridized carbons (Fsp3) is 0.786. The minimum absolute atomic E-state index is 0.0255. The third kappa shape index (κ3) is 3.75. The van der Waals surface area contributed by atoms with Crippen molar-refractivity contribution in [3.05, 3.63) is 21.6 Å². The van der Waals surface area contributed by atoms with Gasteiger partial charge in [-0.3, -0.25) is 20.0 Å². The second-order valence-corrected chi connectivity index (χ2v) is 6.00. The zero-order valence-electron chi connectivity index (χ0n) is 14.3. The van der Waals surface area contributed by atoms with Gasteiger partial charge >= 0.3 is 5.70 Å². The van der Waals surface area contributed by atoms with Crippen LogP contribution in [0.3, 0.4) is 0 Å². The van der Waals surface area contributed by atoms with Gasteiger partial charge in [-0.15, -0.1) is 0 Å². The highest BCUT2D eigenvalue weighted by atomic mass is 16.6. The van der Waals surface area contributed by atoms with Gasteiger partial charge in [0.1, 0.15) is 5.71 Å². The molecular formula is C14H28N6O2. The number of nitrogens with two attached hydrogens (primary N) is 1. The van der Waals surface area contributed by atoms with Crippen LogP contribution in [-0.2, 0) is 0 Å². The van der Waals surface area contributed by atoms with Crippen LogP contribution in [0, 0.1) is 16.0 Å². The summed E-state index contributed by atoms with van der Waals surface area (Å²) in [5.41, 5.74) is 0.446. The Hall–Kier alpha value is -1.67. The molecule has 1 heterocycles. The molecule has 1 atom stereocenters. The first-order valence-corrected chi connectivity index (χ1v) is 7.68. The molecule has 3 N–H and O–H groups in total. The van der Waals surface area contributed by atoms with Crippen LogP contribution in [0.4, 0.5) is 0 Å². The smallest absolute Gasteiger partial charge is 0.331 e. The van der Waals surface area contributed by atoms with Crippen LogP contribution in [0.1, 0.15) is 40.5 Å². The Labute approximate surface area is 132 Å². The van der Waals surface area contributed by atoms with Crippen molar-refractivity contribution in [2.75, 3.05) is 14.1 Å². The van der Waals surface area contributed by atoms with E-state index >= 15 is 0 Å². The fourth-order valence-corrected chi connectivity index (χ4v) is 2.40. The molecule has 0 saturated carbocycles. The molecule has 0 amide bonds. The van der Waals surface area contributed by atoms with Crippen molar-refractivity contribution in [1.29, 1.82) is 0 Å². The van der Waals surface area contributed by atoms with E-state index in [0.717, 1.165) is 12.8 Å². The molecule has 8 heteroatoms. The average molecular weight is 312 g/mol. The van der Waals surface area contributed by atoms with Crippen molar-refractivity contribution in [2.45, 2.75) is 52.9 Å². The molecule has 0 aromatic heterocycles. The van der Waals surface area contributed by atoms with Crippen molar-refractivity contribution in [3.63, 3.8) is 0 Å². The summed E-state index contributed by atoms with van der Waals surface area (Å²) >= 11 is 0. The van der Waals surface area contributed by atoms with E-state index in [9.17, 15) is 10.1 Å². The van der Waals surface area contributed by atoms with Crippen LogP contribution in [-0.4, -0.2) is 47.0 Å². The second kappa shape index (κ2) is 7.55. The van der Waals surface area contributed by atoms with E-state index in [-0.39, 0.29) is 17.7 Å². The van der Waals surface area contributed by atoms with Gasteiger partial charge in [0.2, 0.25) is 5.82 Å². The summed E-state index contributed by atoms with van der Waals surface area (Å²) in [6.07, 6.45) is 1.26. The van der Waals surface area contributed by atoms with Crippen LogP contribution in [0.25, 0.3) is 0 Å². The van der Waals surface area contributed by atoms with E-state index in [1.165, 1.54) is 5.01 Å². The summed E-state index contributed by atoms with van der Waals surface area (Å²) in [4.78, 5) is 17.5. The average Bonchev–Trinajstić information content (AvgIpc) is 2.44. The van der Waals surface area contributed by atoms with Crippen molar-refractivity contribution in [2.24, 2.45) is 16.8 Å². The standard InChI is InChI=1S/C14H28N6O2/c1-7-10(8-2)16-13-12(20(21)22)11(9(3)4)17-14(18(5)6)19(13)15/h9-10,14,16H,7-8,15H2,1-6H3. The normalized spacial score (nSPS) is 19.3. The Morgan fingerprint density at radius 1 is 1.41 bits per heavy atom. The number of allylic oxidation sites excluding steroid dienone is 1. The van der Waals surface area contributed by atoms with E-state index in [0.29, 0.717) is 11.5 Å². The summed E-state index contributed by atoms with van der Waals surface area (Å²) < 4.78 is 0. The van der Waals surface area contributed by atoms with E-state index in [1.54, 1.807) is 0 Å². The number of hydrogen-bond acceptors (Lipinski definition) is 7. The van der Waals surface area contributed by atoms with Crippen LogP contribution >= 0.6 is 0 Å². The largest absolute Gasteiger partial charge is 0.362 e. The molecule has 0 aliphatic carbocycles. The van der Waals surface area contributed by atoms with E-state index in [2.05, 4.69) is 10.3 Å². The molecule has 126 valence electrons. The highest BCUT2D eigenvalue weighted by molar-refractivity contribution is 6.00. The Balaban J connectivity index is 3.39. The maximum atomic E-state index is 11.6. The summed E-state index contributed by atoms with van der Waals surface area (Å²) in [5.74, 6) is 6.42. The molecule has 0 spiro atoms. The topological polar surface area (TPSA) is 100 Å². The number of nitro groups is 1. The summed E-state index contributed by atoms with van der Waals surface area (Å²) in [6.45, 7) is 7.88. The number of rotatable bonds is 7. The van der Waals surface area contributed by atoms with Crippen molar-refractivity contribution in [1.82, 2.24) is 15.2 Å². The summed E-state index contributed by atoms with van der Waals surface area (Å²) in [7, 11) is 3.69. The zero-order chi connectivity index (χ0) is 17.0. The highest BCUT2D eigenvalue weighted by Gasteiger charge is 2.38. The van der Waals surface area contributed by atoms with Gasteiger partial charge < -0.3 is 5.32 Å². The third-order valence-electron chi connectivity index (χ3n) is 3.75. The van der Waals surface area contributed by atoms with E-state index < -0.39 is 11.2 Å². The van der Waals surface area contributed by atoms with E-state index in [1.807, 2.05) is 46.7 Å². The molecule has 0 aromatic carbocycles. The van der Waals surface area contributed by atoms with Crippen LogP contribution in [0.5, 0.6) is 0 Å². The number of hydrazine groups is 1. The Kier molecular flexibility index (Phi) is 6.31. The van der Waals surface area contributed by atoms with Crippen molar-refractivity contribution in [3.8, 4) is 0 Å². The molecular weight excluding hydrogens is 284 g/mol. The molecule has 0 saturated heterocycles. The lowest BCUT2D eigenvalue weighted by Crippen LogP contribution is -2.55. The van der Waals surface area contributed by atoms with E-state index in [4.69, 9.17) is 5.84 Å². The van der Waals surface area contributed by atoms with Gasteiger partial charge in [0.05, 0.1) is 4.92 Å². The fourth-order valence-electron chi connectivity index (χ4n) is 2.40. The summed E-state index contributed by atoms with van der Waals surface area (Å²) in [6, 6.07) is 0.130. The first kappa shape index (κ1) is 18.4. The molecule has 8 nitrogen and oxygen atoms in total. The quantitative estimate of drug-likeness (QED) is 0.418. The second-order valence-electron chi connectivity index (χ2n) is 6.00. The first-order chi connectivity index (χ1) is 10.2. The van der Waals surface area contributed by atoms with Gasteiger partial charge in [0.25, 0.3) is 0 Å². The molecule has 1 rings (SSSR count). The zero-order valence-corrected chi connectivity index (χ0v) is 14.3. The highest BCUT2D eigenvalue weighted by Crippen LogP contribution is 2.23. The van der Waals surface area contributed by atoms with Gasteiger partial charge in [0.15, 0.2) is 6.29 Å². The number of hydrogen-bond donors (Lipinski definition) is 2. The molecule has 1 aliphatic heterocycles. The van der Waals surface area contributed by atoms with Gasteiger partial charge in [0, 0.05) is 12.0 Å². The van der Waals surface area contributed by atoms with Gasteiger partial charge in [-0.1, -0.05) is 27.7 Å². The minimum Gasteiger partial charge on any atom is -0.362 e. The maximum Gasteiger partial charge on any atom is 0.331 e. The first-order valence-electron chi connectivity index (χ1n) is 7.68. The molecule has 1 aliphatic rings. The van der Waals surface area contributed by atoms with Gasteiger partial charge in [-0.05, 0) is 26.9 Å². The number of nitrogens with zero attached hydrogens (tertiary/aromatic N) is 4. The predicted octanol–water partition coefficient (Wildman–Crippen LogP) is 1.34. The molecule has 1 unspecified atom stereocenters. The molecule has 0 aromatic rings. The SMILES string of the molecule is CCC(CC)NC1=C([N+](=O)[O-])C(C(C)C)=NC(N(C)C)N1N. The minimum atomic E-state index is -0.460. The summed E-state index contributed by atoms with van der Waals surface area (Å²) in [5, 5.41) is 16.2. The van der Waals surface area contributed by atoms with Crippen LogP contribution in [0.2, 0.25) is 0 Å². The molecule has 0 radical (unpaired) electrons. The lowest BCUT2D eigenvalue weighted by molar-refractivity contribution is -0.419. The van der Waals surface area contributed by atoms with Gasteiger partial charge in [-0.25, -0.2) is 10.8 Å². The Bertz CT molecular complexity index is 468. The van der Waals surface area contributed by atoms with Crippen LogP contribution in [0.15, 0.2) is 16.5 Å². The Morgan fingerprint density at radius 2 is 1.95 bits per heavy atom. The number of nitrogens with one attached hydrogen (secondary N) is 1. The monoisotopic (exact) mass is 312 g/mol. The predicted molar refractivity (Wildman–Crippen MR) is 87.3 cm³/mol. The lowest BCUT2D eigenvalue weighted by Gasteiger charge is -2.37. The lowest BCUT2D eigenvalue weighted by atomic mass is 10.0. The van der Waals surface area contributed by atoms with Crippen molar-refractivity contribution < 1.29 is 4.92 Å². The van der Waals surface area contributed by atoms with Gasteiger partial charge in [-0.2, -0.15) is 0 Å².